The summed E-state index contributed by atoms with van der Waals surface area (Å²) in [5.74, 6) is 1.86. The first-order chi connectivity index (χ1) is 16.9. The number of fused-ring (bicyclic) bond motifs is 1. The number of ketones is 1. The summed E-state index contributed by atoms with van der Waals surface area (Å²) in [6, 6.07) is 2.02. The third kappa shape index (κ3) is 4.95. The SMILES string of the molecule is CC(C)C1CCC(n2cc(CC(=O)c3cnn4ccc(N5CCCCC5)nc34)c(C(F)F)n2)CC1. The molecule has 0 N–H and O–H groups in total. The van der Waals surface area contributed by atoms with Crippen LogP contribution in [0.3, 0.4) is 0 Å². The van der Waals surface area contributed by atoms with Gasteiger partial charge in [-0.2, -0.15) is 10.2 Å². The van der Waals surface area contributed by atoms with Crippen molar-refractivity contribution in [1.82, 2.24) is 24.4 Å². The van der Waals surface area contributed by atoms with E-state index in [4.69, 9.17) is 4.98 Å². The predicted molar refractivity (Wildman–Crippen MR) is 130 cm³/mol. The van der Waals surface area contributed by atoms with Crippen LogP contribution in [0.25, 0.3) is 5.65 Å². The molecule has 0 amide bonds. The standard InChI is InChI=1S/C26H34F2N6O/c1-17(2)18-6-8-20(9-7-18)34-16-19(24(31-34)25(27)28)14-22(35)21-15-29-33-13-10-23(30-26(21)33)32-11-4-3-5-12-32/h10,13,15-18,20,25H,3-9,11-12,14H2,1-2H3. The number of anilines is 1. The van der Waals surface area contributed by atoms with Gasteiger partial charge in [0.1, 0.15) is 11.5 Å². The second-order valence-electron chi connectivity index (χ2n) is 10.4. The van der Waals surface area contributed by atoms with E-state index in [1.807, 2.05) is 6.07 Å². The summed E-state index contributed by atoms with van der Waals surface area (Å²) >= 11 is 0. The fourth-order valence-corrected chi connectivity index (χ4v) is 5.61. The van der Waals surface area contributed by atoms with Gasteiger partial charge in [-0.25, -0.2) is 18.3 Å². The molecule has 1 aliphatic heterocycles. The van der Waals surface area contributed by atoms with Gasteiger partial charge in [-0.15, -0.1) is 0 Å². The Bertz CT molecular complexity index is 1170. The van der Waals surface area contributed by atoms with Crippen molar-refractivity contribution in [1.29, 1.82) is 0 Å². The molecule has 7 nitrogen and oxygen atoms in total. The van der Waals surface area contributed by atoms with Crippen molar-refractivity contribution in [2.75, 3.05) is 18.0 Å². The van der Waals surface area contributed by atoms with Gasteiger partial charge in [0, 0.05) is 37.5 Å². The molecule has 35 heavy (non-hydrogen) atoms. The quantitative estimate of drug-likeness (QED) is 0.405. The molecular formula is C26H34F2N6O. The highest BCUT2D eigenvalue weighted by Crippen LogP contribution is 2.36. The molecule has 188 valence electrons. The van der Waals surface area contributed by atoms with E-state index < -0.39 is 6.43 Å². The average molecular weight is 485 g/mol. The van der Waals surface area contributed by atoms with Gasteiger partial charge in [0.05, 0.1) is 17.8 Å². The molecule has 0 unspecified atom stereocenters. The van der Waals surface area contributed by atoms with Gasteiger partial charge < -0.3 is 4.90 Å². The zero-order valence-electron chi connectivity index (χ0n) is 20.5. The van der Waals surface area contributed by atoms with Crippen molar-refractivity contribution in [3.63, 3.8) is 0 Å². The third-order valence-electron chi connectivity index (χ3n) is 7.79. The molecule has 2 fully saturated rings. The normalized spacial score (nSPS) is 21.4. The lowest BCUT2D eigenvalue weighted by Crippen LogP contribution is -2.30. The number of halogens is 2. The van der Waals surface area contributed by atoms with Gasteiger partial charge in [0.2, 0.25) is 0 Å². The van der Waals surface area contributed by atoms with Crippen molar-refractivity contribution in [2.24, 2.45) is 11.8 Å². The molecule has 4 heterocycles. The second kappa shape index (κ2) is 10.0. The molecule has 0 spiro atoms. The first kappa shape index (κ1) is 23.9. The Morgan fingerprint density at radius 1 is 1.11 bits per heavy atom. The minimum absolute atomic E-state index is 0.108. The van der Waals surface area contributed by atoms with Crippen LogP contribution in [-0.4, -0.2) is 43.3 Å². The lowest BCUT2D eigenvalue weighted by Gasteiger charge is -2.30. The number of hydrogen-bond acceptors (Lipinski definition) is 5. The molecule has 9 heteroatoms. The molecule has 0 radical (unpaired) electrons. The van der Waals surface area contributed by atoms with Crippen LogP contribution in [-0.2, 0) is 6.42 Å². The van der Waals surface area contributed by atoms with Gasteiger partial charge >= 0.3 is 0 Å². The van der Waals surface area contributed by atoms with Crippen molar-refractivity contribution < 1.29 is 13.6 Å². The van der Waals surface area contributed by atoms with E-state index >= 15 is 0 Å². The van der Waals surface area contributed by atoms with Crippen LogP contribution >= 0.6 is 0 Å². The zero-order valence-corrected chi connectivity index (χ0v) is 20.5. The van der Waals surface area contributed by atoms with Crippen LogP contribution < -0.4 is 4.90 Å². The van der Waals surface area contributed by atoms with Gasteiger partial charge in [-0.1, -0.05) is 13.8 Å². The highest BCUT2D eigenvalue weighted by atomic mass is 19.3. The maximum atomic E-state index is 13.9. The minimum atomic E-state index is -2.72. The molecule has 5 rings (SSSR count). The number of rotatable bonds is 7. The number of aromatic nitrogens is 5. The Morgan fingerprint density at radius 3 is 2.54 bits per heavy atom. The largest absolute Gasteiger partial charge is 0.357 e. The minimum Gasteiger partial charge on any atom is -0.357 e. The third-order valence-corrected chi connectivity index (χ3v) is 7.79. The Morgan fingerprint density at radius 2 is 1.86 bits per heavy atom. The first-order valence-electron chi connectivity index (χ1n) is 12.9. The molecule has 0 bridgehead atoms. The molecule has 2 aliphatic rings. The smallest absolute Gasteiger partial charge is 0.282 e. The fourth-order valence-electron chi connectivity index (χ4n) is 5.61. The molecule has 1 saturated heterocycles. The predicted octanol–water partition coefficient (Wildman–Crippen LogP) is 5.67. The van der Waals surface area contributed by atoms with Gasteiger partial charge in [0.25, 0.3) is 6.43 Å². The van der Waals surface area contributed by atoms with Crippen LogP contribution in [0.1, 0.15) is 92.9 Å². The summed E-state index contributed by atoms with van der Waals surface area (Å²) in [4.78, 5) is 20.2. The van der Waals surface area contributed by atoms with Crippen LogP contribution in [0.4, 0.5) is 14.6 Å². The van der Waals surface area contributed by atoms with E-state index in [9.17, 15) is 13.6 Å². The Labute approximate surface area is 204 Å². The molecule has 0 aromatic carbocycles. The van der Waals surface area contributed by atoms with Gasteiger partial charge in [0.15, 0.2) is 11.4 Å². The van der Waals surface area contributed by atoms with E-state index in [0.29, 0.717) is 28.6 Å². The van der Waals surface area contributed by atoms with E-state index in [2.05, 4.69) is 28.9 Å². The maximum Gasteiger partial charge on any atom is 0.282 e. The lowest BCUT2D eigenvalue weighted by atomic mass is 9.80. The summed E-state index contributed by atoms with van der Waals surface area (Å²) in [5.41, 5.74) is 0.829. The molecule has 3 aromatic heterocycles. The van der Waals surface area contributed by atoms with Crippen molar-refractivity contribution in [3.8, 4) is 0 Å². The van der Waals surface area contributed by atoms with Crippen molar-refractivity contribution >= 4 is 17.2 Å². The monoisotopic (exact) mass is 484 g/mol. The fraction of sp³-hybridized carbons (Fsp3) is 0.615. The highest BCUT2D eigenvalue weighted by molar-refractivity contribution is 6.02. The van der Waals surface area contributed by atoms with Crippen molar-refractivity contribution in [3.05, 3.63) is 41.5 Å². The van der Waals surface area contributed by atoms with E-state index in [1.165, 1.54) is 12.6 Å². The van der Waals surface area contributed by atoms with E-state index in [-0.39, 0.29) is 23.9 Å². The van der Waals surface area contributed by atoms with E-state index in [0.717, 1.165) is 57.4 Å². The molecule has 0 atom stereocenters. The van der Waals surface area contributed by atoms with Crippen LogP contribution in [0.5, 0.6) is 0 Å². The van der Waals surface area contributed by atoms with Gasteiger partial charge in [-0.3, -0.25) is 9.48 Å². The number of alkyl halides is 2. The van der Waals surface area contributed by atoms with Crippen LogP contribution in [0.2, 0.25) is 0 Å². The number of carbonyl (C=O) groups is 1. The van der Waals surface area contributed by atoms with E-state index in [1.54, 1.807) is 21.6 Å². The number of piperidine rings is 1. The second-order valence-corrected chi connectivity index (χ2v) is 10.4. The number of Topliss-reactive ketones (excluding diaryl/α,β-unsaturated/α-hetero) is 1. The summed E-state index contributed by atoms with van der Waals surface area (Å²) in [5, 5.41) is 8.52. The average Bonchev–Trinajstić information content (AvgIpc) is 3.49. The van der Waals surface area contributed by atoms with Crippen LogP contribution in [0.15, 0.2) is 24.7 Å². The highest BCUT2D eigenvalue weighted by Gasteiger charge is 2.28. The summed E-state index contributed by atoms with van der Waals surface area (Å²) in [6.45, 7) is 6.36. The summed E-state index contributed by atoms with van der Waals surface area (Å²) in [7, 11) is 0. The molecule has 3 aromatic rings. The first-order valence-corrected chi connectivity index (χ1v) is 12.9. The Hall–Kier alpha value is -2.84. The maximum absolute atomic E-state index is 13.9. The molecule has 1 saturated carbocycles. The summed E-state index contributed by atoms with van der Waals surface area (Å²) in [6.07, 6.45) is 9.57. The lowest BCUT2D eigenvalue weighted by molar-refractivity contribution is 0.0992. The topological polar surface area (TPSA) is 68.3 Å². The number of nitrogens with zero attached hydrogens (tertiary/aromatic N) is 6. The summed E-state index contributed by atoms with van der Waals surface area (Å²) < 4.78 is 31.0. The van der Waals surface area contributed by atoms with Crippen molar-refractivity contribution in [2.45, 2.75) is 77.7 Å². The van der Waals surface area contributed by atoms with Crippen LogP contribution in [0, 0.1) is 11.8 Å². The zero-order chi connectivity index (χ0) is 24.5. The Kier molecular flexibility index (Phi) is 6.84. The Balaban J connectivity index is 1.36. The number of hydrogen-bond donors (Lipinski definition) is 0. The number of carbonyl (C=O) groups excluding carboxylic acids is 1. The molecule has 1 aliphatic carbocycles. The molecular weight excluding hydrogens is 450 g/mol. The van der Waals surface area contributed by atoms with Gasteiger partial charge in [-0.05, 0) is 62.8 Å².